The Balaban J connectivity index is 1.60. The second kappa shape index (κ2) is 10.7. The van der Waals surface area contributed by atoms with E-state index in [4.69, 9.17) is 4.74 Å². The van der Waals surface area contributed by atoms with Gasteiger partial charge in [-0.05, 0) is 38.2 Å². The number of urea groups is 1. The molecule has 0 saturated carbocycles. The van der Waals surface area contributed by atoms with E-state index < -0.39 is 0 Å². The number of hydrogen-bond donors (Lipinski definition) is 1. The van der Waals surface area contributed by atoms with Crippen LogP contribution in [0.5, 0.6) is 5.75 Å². The number of ether oxygens (including phenoxy) is 1. The van der Waals surface area contributed by atoms with Gasteiger partial charge in [0.2, 0.25) is 0 Å². The highest BCUT2D eigenvalue weighted by atomic mass is 32.1. The third-order valence-corrected chi connectivity index (χ3v) is 6.08. The third-order valence-electron chi connectivity index (χ3n) is 5.32. The maximum absolute atomic E-state index is 12.7. The molecule has 1 aliphatic heterocycles. The highest BCUT2D eigenvalue weighted by molar-refractivity contribution is 7.14. The standard InChI is InChI=1S/C22H33N5O2S/c1-5-6-17-7-8-20(29-4)18(15-17)19-16-30-21(23-19)24-22(28)27-13-11-26(12-14-27)10-9-25(2)3/h7-8,15-16H,5-6,9-14H2,1-4H3,(H,23,24,28). The number of anilines is 1. The van der Waals surface area contributed by atoms with Crippen molar-refractivity contribution in [2.24, 2.45) is 0 Å². The molecule has 3 rings (SSSR count). The van der Waals surface area contributed by atoms with Crippen molar-refractivity contribution in [1.29, 1.82) is 0 Å². The number of nitrogens with one attached hydrogen (secondary N) is 1. The SMILES string of the molecule is CCCc1ccc(OC)c(-c2csc(NC(=O)N3CCN(CCN(C)C)CC3)n2)c1. The van der Waals surface area contributed by atoms with Crippen molar-refractivity contribution in [3.63, 3.8) is 0 Å². The molecular formula is C22H33N5O2S. The molecule has 7 nitrogen and oxygen atoms in total. The van der Waals surface area contributed by atoms with E-state index in [0.717, 1.165) is 69.1 Å². The number of nitrogens with zero attached hydrogens (tertiary/aromatic N) is 4. The molecule has 164 valence electrons. The van der Waals surface area contributed by atoms with Gasteiger partial charge < -0.3 is 14.5 Å². The van der Waals surface area contributed by atoms with Crippen LogP contribution in [0.2, 0.25) is 0 Å². The zero-order chi connectivity index (χ0) is 21.5. The summed E-state index contributed by atoms with van der Waals surface area (Å²) in [6.07, 6.45) is 2.11. The number of hydrogen-bond acceptors (Lipinski definition) is 6. The van der Waals surface area contributed by atoms with Gasteiger partial charge >= 0.3 is 6.03 Å². The molecule has 0 aliphatic carbocycles. The molecular weight excluding hydrogens is 398 g/mol. The number of piperazine rings is 1. The quantitative estimate of drug-likeness (QED) is 0.693. The van der Waals surface area contributed by atoms with Gasteiger partial charge in [-0.25, -0.2) is 9.78 Å². The number of aryl methyl sites for hydroxylation is 1. The largest absolute Gasteiger partial charge is 0.496 e. The first-order valence-corrected chi connectivity index (χ1v) is 11.4. The Morgan fingerprint density at radius 3 is 2.70 bits per heavy atom. The summed E-state index contributed by atoms with van der Waals surface area (Å²) < 4.78 is 5.52. The van der Waals surface area contributed by atoms with Crippen LogP contribution in [0.4, 0.5) is 9.93 Å². The molecule has 8 heteroatoms. The number of thiazole rings is 1. The monoisotopic (exact) mass is 431 g/mol. The number of amides is 2. The van der Waals surface area contributed by atoms with Gasteiger partial charge in [-0.3, -0.25) is 10.2 Å². The number of carbonyl (C=O) groups is 1. The van der Waals surface area contributed by atoms with E-state index in [0.29, 0.717) is 5.13 Å². The fourth-order valence-electron chi connectivity index (χ4n) is 3.54. The van der Waals surface area contributed by atoms with Gasteiger partial charge in [0.1, 0.15) is 5.75 Å². The number of benzene rings is 1. The zero-order valence-corrected chi connectivity index (χ0v) is 19.3. The lowest BCUT2D eigenvalue weighted by Gasteiger charge is -2.34. The molecule has 0 spiro atoms. The molecule has 2 aromatic rings. The predicted molar refractivity (Wildman–Crippen MR) is 124 cm³/mol. The summed E-state index contributed by atoms with van der Waals surface area (Å²) in [7, 11) is 5.84. The third kappa shape index (κ3) is 5.93. The van der Waals surface area contributed by atoms with Crippen LogP contribution in [0.1, 0.15) is 18.9 Å². The van der Waals surface area contributed by atoms with E-state index >= 15 is 0 Å². The number of likely N-dealkylation sites (N-methyl/N-ethyl adjacent to an activating group) is 1. The lowest BCUT2D eigenvalue weighted by atomic mass is 10.0. The van der Waals surface area contributed by atoms with E-state index in [-0.39, 0.29) is 6.03 Å². The molecule has 1 fully saturated rings. The molecule has 0 bridgehead atoms. The first-order chi connectivity index (χ1) is 14.5. The van der Waals surface area contributed by atoms with E-state index in [1.165, 1.54) is 16.9 Å². The normalized spacial score (nSPS) is 14.9. The summed E-state index contributed by atoms with van der Waals surface area (Å²) in [5, 5.41) is 5.56. The van der Waals surface area contributed by atoms with Crippen molar-refractivity contribution in [2.75, 3.05) is 65.8 Å². The van der Waals surface area contributed by atoms with E-state index in [1.807, 2.05) is 16.3 Å². The van der Waals surface area contributed by atoms with Crippen LogP contribution < -0.4 is 10.1 Å². The molecule has 30 heavy (non-hydrogen) atoms. The Bertz CT molecular complexity index is 831. The molecule has 1 saturated heterocycles. The number of rotatable bonds is 8. The van der Waals surface area contributed by atoms with Gasteiger partial charge in [0, 0.05) is 50.2 Å². The summed E-state index contributed by atoms with van der Waals surface area (Å²) in [6, 6.07) is 6.15. The van der Waals surface area contributed by atoms with Gasteiger partial charge in [-0.15, -0.1) is 11.3 Å². The van der Waals surface area contributed by atoms with Crippen molar-refractivity contribution in [3.8, 4) is 17.0 Å². The molecule has 2 amide bonds. The zero-order valence-electron chi connectivity index (χ0n) is 18.5. The van der Waals surface area contributed by atoms with E-state index in [1.54, 1.807) is 7.11 Å². The minimum Gasteiger partial charge on any atom is -0.496 e. The smallest absolute Gasteiger partial charge is 0.323 e. The summed E-state index contributed by atoms with van der Waals surface area (Å²) >= 11 is 1.45. The van der Waals surface area contributed by atoms with Crippen LogP contribution in [-0.2, 0) is 6.42 Å². The maximum Gasteiger partial charge on any atom is 0.323 e. The average molecular weight is 432 g/mol. The molecule has 1 aromatic heterocycles. The predicted octanol–water partition coefficient (Wildman–Crippen LogP) is 3.48. The molecule has 1 aromatic carbocycles. The highest BCUT2D eigenvalue weighted by Gasteiger charge is 2.22. The fourth-order valence-corrected chi connectivity index (χ4v) is 4.24. The van der Waals surface area contributed by atoms with Crippen LogP contribution in [0, 0.1) is 0 Å². The second-order valence-electron chi connectivity index (χ2n) is 7.88. The first-order valence-electron chi connectivity index (χ1n) is 10.6. The van der Waals surface area contributed by atoms with Crippen molar-refractivity contribution >= 4 is 22.5 Å². The summed E-state index contributed by atoms with van der Waals surface area (Å²) in [4.78, 5) is 23.8. The number of carbonyl (C=O) groups excluding carboxylic acids is 1. The second-order valence-corrected chi connectivity index (χ2v) is 8.74. The van der Waals surface area contributed by atoms with Crippen molar-refractivity contribution in [1.82, 2.24) is 19.7 Å². The Morgan fingerprint density at radius 1 is 1.27 bits per heavy atom. The summed E-state index contributed by atoms with van der Waals surface area (Å²) in [5.74, 6) is 0.798. The van der Waals surface area contributed by atoms with Crippen LogP contribution in [-0.4, -0.2) is 86.2 Å². The van der Waals surface area contributed by atoms with E-state index in [9.17, 15) is 4.79 Å². The van der Waals surface area contributed by atoms with Gasteiger partial charge in [-0.1, -0.05) is 19.4 Å². The number of methoxy groups -OCH3 is 1. The first kappa shape index (κ1) is 22.5. The van der Waals surface area contributed by atoms with Crippen LogP contribution >= 0.6 is 11.3 Å². The van der Waals surface area contributed by atoms with Gasteiger partial charge in [0.05, 0.1) is 12.8 Å². The van der Waals surface area contributed by atoms with Crippen molar-refractivity contribution < 1.29 is 9.53 Å². The average Bonchev–Trinajstić information content (AvgIpc) is 3.21. The summed E-state index contributed by atoms with van der Waals surface area (Å²) in [6.45, 7) is 7.54. The Labute approximate surface area is 183 Å². The lowest BCUT2D eigenvalue weighted by molar-refractivity contribution is 0.140. The maximum atomic E-state index is 12.7. The molecule has 0 unspecified atom stereocenters. The van der Waals surface area contributed by atoms with E-state index in [2.05, 4.69) is 53.3 Å². The molecule has 0 atom stereocenters. The Kier molecular flexibility index (Phi) is 8.07. The van der Waals surface area contributed by atoms with Crippen LogP contribution in [0.3, 0.4) is 0 Å². The molecule has 0 radical (unpaired) electrons. The molecule has 2 heterocycles. The van der Waals surface area contributed by atoms with Gasteiger partial charge in [-0.2, -0.15) is 0 Å². The lowest BCUT2D eigenvalue weighted by Crippen LogP contribution is -2.51. The van der Waals surface area contributed by atoms with Gasteiger partial charge in [0.15, 0.2) is 5.13 Å². The molecule has 1 aliphatic rings. The van der Waals surface area contributed by atoms with Crippen molar-refractivity contribution in [2.45, 2.75) is 19.8 Å². The Hall–Kier alpha value is -2.16. The van der Waals surface area contributed by atoms with Crippen LogP contribution in [0.15, 0.2) is 23.6 Å². The minimum absolute atomic E-state index is 0.0742. The molecule has 1 N–H and O–H groups in total. The number of aromatic nitrogens is 1. The van der Waals surface area contributed by atoms with Crippen molar-refractivity contribution in [3.05, 3.63) is 29.1 Å². The topological polar surface area (TPSA) is 60.9 Å². The van der Waals surface area contributed by atoms with Crippen LogP contribution in [0.25, 0.3) is 11.3 Å². The minimum atomic E-state index is -0.0742. The van der Waals surface area contributed by atoms with Gasteiger partial charge in [0.25, 0.3) is 0 Å². The highest BCUT2D eigenvalue weighted by Crippen LogP contribution is 2.33. The Morgan fingerprint density at radius 2 is 2.03 bits per heavy atom. The summed E-state index contributed by atoms with van der Waals surface area (Å²) in [5.41, 5.74) is 3.06. The fraction of sp³-hybridized carbons (Fsp3) is 0.545.